The van der Waals surface area contributed by atoms with E-state index in [0.29, 0.717) is 22.8 Å². The van der Waals surface area contributed by atoms with E-state index in [2.05, 4.69) is 0 Å². The largest absolute Gasteiger partial charge is 0.488 e. The van der Waals surface area contributed by atoms with Crippen molar-refractivity contribution >= 4 is 11.9 Å². The summed E-state index contributed by atoms with van der Waals surface area (Å²) in [5, 5.41) is 0. The van der Waals surface area contributed by atoms with Gasteiger partial charge in [0.15, 0.2) is 5.76 Å². The summed E-state index contributed by atoms with van der Waals surface area (Å²) in [6.07, 6.45) is 3.09. The van der Waals surface area contributed by atoms with Crippen LogP contribution >= 0.6 is 0 Å². The molecule has 130 valence electrons. The third-order valence-corrected chi connectivity index (χ3v) is 4.14. The summed E-state index contributed by atoms with van der Waals surface area (Å²) in [6.45, 7) is 2.04. The molecule has 5 heteroatoms. The summed E-state index contributed by atoms with van der Waals surface area (Å²) >= 11 is 0. The second-order valence-electron chi connectivity index (χ2n) is 5.94. The second-order valence-corrected chi connectivity index (χ2v) is 5.94. The number of rotatable bonds is 4. The lowest BCUT2D eigenvalue weighted by molar-refractivity contribution is 0.101. The van der Waals surface area contributed by atoms with Gasteiger partial charge in [-0.3, -0.25) is 4.79 Å². The van der Waals surface area contributed by atoms with Crippen molar-refractivity contribution in [1.29, 1.82) is 0 Å². The predicted octanol–water partition coefficient (Wildman–Crippen LogP) is 4.92. The minimum absolute atomic E-state index is 0.198. The lowest BCUT2D eigenvalue weighted by Crippen LogP contribution is -1.98. The normalized spacial score (nSPS) is 14.4. The molecule has 0 saturated heterocycles. The molecule has 0 radical (unpaired) electrons. The molecule has 1 aliphatic rings. The van der Waals surface area contributed by atoms with Gasteiger partial charge >= 0.3 is 0 Å². The van der Waals surface area contributed by atoms with Crippen LogP contribution in [0.1, 0.15) is 27.2 Å². The number of carbonyl (C=O) groups excluding carboxylic acids is 1. The SMILES string of the molecule is Cc1c(OCc2cccc(F)c2)ccc2c1O/C(=C\c1ccco1)C2=O. The number of carbonyl (C=O) groups is 1. The Morgan fingerprint density at radius 2 is 2.04 bits per heavy atom. The minimum atomic E-state index is -0.307. The van der Waals surface area contributed by atoms with Crippen molar-refractivity contribution in [3.8, 4) is 11.5 Å². The molecular weight excluding hydrogens is 335 g/mol. The predicted molar refractivity (Wildman–Crippen MR) is 93.6 cm³/mol. The maximum absolute atomic E-state index is 13.3. The fraction of sp³-hybridized carbons (Fsp3) is 0.0952. The maximum atomic E-state index is 13.3. The number of ketones is 1. The topological polar surface area (TPSA) is 48.7 Å². The number of halogens is 1. The fourth-order valence-electron chi connectivity index (χ4n) is 2.81. The van der Waals surface area contributed by atoms with Crippen LogP contribution in [0, 0.1) is 12.7 Å². The Labute approximate surface area is 149 Å². The number of allylic oxidation sites excluding steroid dienone is 1. The monoisotopic (exact) mass is 350 g/mol. The van der Waals surface area contributed by atoms with Crippen molar-refractivity contribution in [1.82, 2.24) is 0 Å². The standard InChI is InChI=1S/C21H15FO4/c1-13-18(25-12-14-4-2-5-15(22)10-14)8-7-17-20(23)19(26-21(13)17)11-16-6-3-9-24-16/h2-11H,12H2,1H3/b19-11-. The van der Waals surface area contributed by atoms with Gasteiger partial charge in [-0.25, -0.2) is 4.39 Å². The third kappa shape index (κ3) is 2.99. The van der Waals surface area contributed by atoms with E-state index in [9.17, 15) is 9.18 Å². The van der Waals surface area contributed by atoms with E-state index in [1.165, 1.54) is 18.4 Å². The molecule has 4 rings (SSSR count). The highest BCUT2D eigenvalue weighted by Crippen LogP contribution is 2.39. The van der Waals surface area contributed by atoms with Crippen LogP contribution in [0.3, 0.4) is 0 Å². The molecular formula is C21H15FO4. The molecule has 2 aromatic carbocycles. The first-order valence-electron chi connectivity index (χ1n) is 8.10. The first kappa shape index (κ1) is 16.1. The highest BCUT2D eigenvalue weighted by atomic mass is 19.1. The lowest BCUT2D eigenvalue weighted by atomic mass is 10.1. The number of furan rings is 1. The van der Waals surface area contributed by atoms with Crippen molar-refractivity contribution in [3.05, 3.63) is 88.8 Å². The van der Waals surface area contributed by atoms with Crippen molar-refractivity contribution in [2.75, 3.05) is 0 Å². The van der Waals surface area contributed by atoms with Crippen LogP contribution in [-0.4, -0.2) is 5.78 Å². The summed E-state index contributed by atoms with van der Waals surface area (Å²) in [4.78, 5) is 12.5. The van der Waals surface area contributed by atoms with Gasteiger partial charge in [-0.2, -0.15) is 0 Å². The van der Waals surface area contributed by atoms with Gasteiger partial charge < -0.3 is 13.9 Å². The first-order valence-corrected chi connectivity index (χ1v) is 8.10. The van der Waals surface area contributed by atoms with E-state index in [0.717, 1.165) is 11.1 Å². The zero-order chi connectivity index (χ0) is 18.1. The van der Waals surface area contributed by atoms with E-state index >= 15 is 0 Å². The van der Waals surface area contributed by atoms with Gasteiger partial charge in [0.1, 0.15) is 29.7 Å². The summed E-state index contributed by atoms with van der Waals surface area (Å²) in [6, 6.07) is 13.1. The van der Waals surface area contributed by atoms with Crippen LogP contribution in [0.5, 0.6) is 11.5 Å². The van der Waals surface area contributed by atoms with E-state index in [-0.39, 0.29) is 24.0 Å². The fourth-order valence-corrected chi connectivity index (χ4v) is 2.81. The number of benzene rings is 2. The average Bonchev–Trinajstić information content (AvgIpc) is 3.24. The zero-order valence-electron chi connectivity index (χ0n) is 14.0. The number of ether oxygens (including phenoxy) is 2. The number of hydrogen-bond donors (Lipinski definition) is 0. The summed E-state index contributed by atoms with van der Waals surface area (Å²) in [5.74, 6) is 1.31. The molecule has 0 spiro atoms. The number of hydrogen-bond acceptors (Lipinski definition) is 4. The summed E-state index contributed by atoms with van der Waals surface area (Å²) in [7, 11) is 0. The van der Waals surface area contributed by atoms with Crippen LogP contribution in [0.25, 0.3) is 6.08 Å². The first-order chi connectivity index (χ1) is 12.6. The molecule has 0 N–H and O–H groups in total. The molecule has 0 saturated carbocycles. The lowest BCUT2D eigenvalue weighted by Gasteiger charge is -2.11. The van der Waals surface area contributed by atoms with Gasteiger partial charge in [0.25, 0.3) is 0 Å². The van der Waals surface area contributed by atoms with Gasteiger partial charge in [0, 0.05) is 11.6 Å². The third-order valence-electron chi connectivity index (χ3n) is 4.14. The van der Waals surface area contributed by atoms with Gasteiger partial charge in [-0.1, -0.05) is 12.1 Å². The molecule has 0 bridgehead atoms. The minimum Gasteiger partial charge on any atom is -0.488 e. The van der Waals surface area contributed by atoms with Gasteiger partial charge in [-0.05, 0) is 48.9 Å². The second kappa shape index (κ2) is 6.52. The Morgan fingerprint density at radius 1 is 1.15 bits per heavy atom. The molecule has 0 fully saturated rings. The highest BCUT2D eigenvalue weighted by molar-refractivity contribution is 6.14. The summed E-state index contributed by atoms with van der Waals surface area (Å²) < 4.78 is 30.0. The molecule has 3 aromatic rings. The molecule has 0 amide bonds. The van der Waals surface area contributed by atoms with Gasteiger partial charge in [0.2, 0.25) is 5.78 Å². The Kier molecular flexibility index (Phi) is 4.05. The van der Waals surface area contributed by atoms with Crippen LogP contribution in [-0.2, 0) is 6.61 Å². The molecule has 1 aliphatic heterocycles. The summed E-state index contributed by atoms with van der Waals surface area (Å²) in [5.41, 5.74) is 1.92. The average molecular weight is 350 g/mol. The van der Waals surface area contributed by atoms with Crippen molar-refractivity contribution in [2.24, 2.45) is 0 Å². The Bertz CT molecular complexity index is 1000. The van der Waals surface area contributed by atoms with Gasteiger partial charge in [-0.15, -0.1) is 0 Å². The zero-order valence-corrected chi connectivity index (χ0v) is 14.0. The molecule has 1 aromatic heterocycles. The number of fused-ring (bicyclic) bond motifs is 1. The molecule has 2 heterocycles. The molecule has 0 unspecified atom stereocenters. The van der Waals surface area contributed by atoms with Crippen molar-refractivity contribution in [2.45, 2.75) is 13.5 Å². The molecule has 26 heavy (non-hydrogen) atoms. The van der Waals surface area contributed by atoms with Crippen LogP contribution < -0.4 is 9.47 Å². The van der Waals surface area contributed by atoms with Crippen molar-refractivity contribution < 1.29 is 23.1 Å². The molecule has 0 atom stereocenters. The van der Waals surface area contributed by atoms with Crippen LogP contribution in [0.15, 0.2) is 65.0 Å². The quantitative estimate of drug-likeness (QED) is 0.627. The molecule has 4 nitrogen and oxygen atoms in total. The van der Waals surface area contributed by atoms with E-state index in [4.69, 9.17) is 13.9 Å². The van der Waals surface area contributed by atoms with E-state index < -0.39 is 0 Å². The van der Waals surface area contributed by atoms with Crippen LogP contribution in [0.4, 0.5) is 4.39 Å². The smallest absolute Gasteiger partial charge is 0.232 e. The van der Waals surface area contributed by atoms with Crippen molar-refractivity contribution in [3.63, 3.8) is 0 Å². The van der Waals surface area contributed by atoms with E-state index in [1.807, 2.05) is 6.92 Å². The molecule has 0 aliphatic carbocycles. The number of Topliss-reactive ketones (excluding diaryl/α,β-unsaturated/α-hetero) is 1. The van der Waals surface area contributed by atoms with E-state index in [1.54, 1.807) is 42.5 Å². The van der Waals surface area contributed by atoms with Crippen LogP contribution in [0.2, 0.25) is 0 Å². The Morgan fingerprint density at radius 3 is 2.81 bits per heavy atom. The highest BCUT2D eigenvalue weighted by Gasteiger charge is 2.30. The maximum Gasteiger partial charge on any atom is 0.232 e. The van der Waals surface area contributed by atoms with Gasteiger partial charge in [0.05, 0.1) is 11.8 Å². The Balaban J connectivity index is 1.58. The Hall–Kier alpha value is -3.34.